The van der Waals surface area contributed by atoms with Crippen LogP contribution in [-0.4, -0.2) is 30.2 Å². The van der Waals surface area contributed by atoms with Crippen molar-refractivity contribution in [3.63, 3.8) is 0 Å². The van der Waals surface area contributed by atoms with Crippen molar-refractivity contribution < 1.29 is 9.53 Å². The smallest absolute Gasteiger partial charge is 0.241 e. The second kappa shape index (κ2) is 6.25. The Bertz CT molecular complexity index is 383. The van der Waals surface area contributed by atoms with Gasteiger partial charge in [0.15, 0.2) is 0 Å². The Balaban J connectivity index is 1.94. The summed E-state index contributed by atoms with van der Waals surface area (Å²) in [4.78, 5) is 12.7. The van der Waals surface area contributed by atoms with Crippen LogP contribution in [0.5, 0.6) is 0 Å². The van der Waals surface area contributed by atoms with Crippen molar-refractivity contribution in [2.45, 2.75) is 83.9 Å². The van der Waals surface area contributed by atoms with Gasteiger partial charge in [0.05, 0.1) is 6.10 Å². The Morgan fingerprint density at radius 3 is 2.62 bits per heavy atom. The fourth-order valence-electron chi connectivity index (χ4n) is 3.93. The van der Waals surface area contributed by atoms with Gasteiger partial charge < -0.3 is 15.8 Å². The molecular formula is C17H32N2O2. The van der Waals surface area contributed by atoms with Crippen molar-refractivity contribution >= 4 is 5.91 Å². The molecule has 0 aromatic rings. The van der Waals surface area contributed by atoms with Gasteiger partial charge >= 0.3 is 0 Å². The lowest BCUT2D eigenvalue weighted by molar-refractivity contribution is -0.171. The van der Waals surface area contributed by atoms with Gasteiger partial charge in [0.1, 0.15) is 5.54 Å². The summed E-state index contributed by atoms with van der Waals surface area (Å²) in [5, 5.41) is 3.22. The van der Waals surface area contributed by atoms with Crippen LogP contribution >= 0.6 is 0 Å². The lowest BCUT2D eigenvalue weighted by Crippen LogP contribution is -2.76. The summed E-state index contributed by atoms with van der Waals surface area (Å²) in [6.07, 6.45) is 6.64. The Morgan fingerprint density at radius 2 is 2.05 bits per heavy atom. The van der Waals surface area contributed by atoms with E-state index in [1.165, 1.54) is 19.3 Å². The quantitative estimate of drug-likeness (QED) is 0.819. The summed E-state index contributed by atoms with van der Waals surface area (Å²) >= 11 is 0. The minimum atomic E-state index is -0.786. The molecule has 21 heavy (non-hydrogen) atoms. The van der Waals surface area contributed by atoms with Crippen molar-refractivity contribution in [3.05, 3.63) is 0 Å². The van der Waals surface area contributed by atoms with E-state index in [0.29, 0.717) is 19.1 Å². The number of carbonyl (C=O) groups excluding carboxylic acids is 1. The number of hydrogen-bond acceptors (Lipinski definition) is 3. The normalized spacial score (nSPS) is 38.6. The first-order valence-electron chi connectivity index (χ1n) is 8.56. The molecule has 3 N–H and O–H groups in total. The molecule has 0 aromatic carbocycles. The highest BCUT2D eigenvalue weighted by Crippen LogP contribution is 2.50. The number of rotatable bonds is 5. The summed E-state index contributed by atoms with van der Waals surface area (Å²) in [7, 11) is 0. The van der Waals surface area contributed by atoms with Gasteiger partial charge in [0, 0.05) is 24.5 Å². The van der Waals surface area contributed by atoms with Gasteiger partial charge in [-0.2, -0.15) is 0 Å². The van der Waals surface area contributed by atoms with Crippen LogP contribution in [0.2, 0.25) is 0 Å². The Hall–Kier alpha value is -0.610. The molecule has 0 saturated heterocycles. The van der Waals surface area contributed by atoms with Crippen LogP contribution < -0.4 is 11.1 Å². The number of carbonyl (C=O) groups is 1. The largest absolute Gasteiger partial charge is 0.378 e. The van der Waals surface area contributed by atoms with Crippen LogP contribution in [0.1, 0.15) is 66.2 Å². The van der Waals surface area contributed by atoms with Gasteiger partial charge in [-0.1, -0.05) is 40.0 Å². The Labute approximate surface area is 129 Å². The van der Waals surface area contributed by atoms with E-state index >= 15 is 0 Å². The first-order chi connectivity index (χ1) is 9.85. The van der Waals surface area contributed by atoms with Crippen LogP contribution in [-0.2, 0) is 9.53 Å². The van der Waals surface area contributed by atoms with Gasteiger partial charge in [-0.25, -0.2) is 0 Å². The van der Waals surface area contributed by atoms with Gasteiger partial charge in [-0.15, -0.1) is 0 Å². The number of amides is 1. The zero-order valence-corrected chi connectivity index (χ0v) is 14.1. The first kappa shape index (κ1) is 16.8. The lowest BCUT2D eigenvalue weighted by Gasteiger charge is -2.57. The summed E-state index contributed by atoms with van der Waals surface area (Å²) in [6.45, 7) is 8.99. The highest BCUT2D eigenvalue weighted by Gasteiger charge is 2.63. The highest BCUT2D eigenvalue weighted by molar-refractivity contribution is 5.89. The molecule has 0 bridgehead atoms. The average Bonchev–Trinajstić information content (AvgIpc) is 2.46. The van der Waals surface area contributed by atoms with E-state index in [4.69, 9.17) is 10.5 Å². The number of hydrogen-bond donors (Lipinski definition) is 2. The van der Waals surface area contributed by atoms with E-state index in [9.17, 15) is 4.79 Å². The maximum absolute atomic E-state index is 12.7. The molecule has 4 nitrogen and oxygen atoms in total. The van der Waals surface area contributed by atoms with E-state index in [0.717, 1.165) is 18.8 Å². The molecule has 2 fully saturated rings. The van der Waals surface area contributed by atoms with E-state index in [-0.39, 0.29) is 17.4 Å². The van der Waals surface area contributed by atoms with Crippen LogP contribution in [0, 0.1) is 11.3 Å². The molecular weight excluding hydrogens is 264 g/mol. The third-order valence-electron chi connectivity index (χ3n) is 5.93. The zero-order chi connectivity index (χ0) is 15.7. The highest BCUT2D eigenvalue weighted by atomic mass is 16.5. The molecule has 2 aliphatic carbocycles. The standard InChI is InChI=1S/C17H32N2O2/c1-5-12-8-7-9-13(10-12)19-15(20)17(18)11-14(21-6-2)16(17,3)4/h12-14H,5-11,18H2,1-4H3,(H,19,20). The first-order valence-corrected chi connectivity index (χ1v) is 8.56. The van der Waals surface area contributed by atoms with Crippen molar-refractivity contribution in [1.29, 1.82) is 0 Å². The van der Waals surface area contributed by atoms with Gasteiger partial charge in [-0.3, -0.25) is 4.79 Å². The Kier molecular flexibility index (Phi) is 4.99. The third-order valence-corrected chi connectivity index (χ3v) is 5.93. The minimum absolute atomic E-state index is 0.0187. The van der Waals surface area contributed by atoms with Gasteiger partial charge in [0.2, 0.25) is 5.91 Å². The SMILES string of the molecule is CCOC1CC(N)(C(=O)NC2CCCC(CC)C2)C1(C)C. The molecule has 0 aromatic heterocycles. The summed E-state index contributed by atoms with van der Waals surface area (Å²) in [5.74, 6) is 0.772. The monoisotopic (exact) mass is 296 g/mol. The molecule has 2 aliphatic rings. The fraction of sp³-hybridized carbons (Fsp3) is 0.941. The van der Waals surface area contributed by atoms with Crippen molar-refractivity contribution in [2.75, 3.05) is 6.61 Å². The summed E-state index contributed by atoms with van der Waals surface area (Å²) in [6, 6.07) is 0.304. The second-order valence-corrected chi connectivity index (χ2v) is 7.45. The Morgan fingerprint density at radius 1 is 1.33 bits per heavy atom. The maximum Gasteiger partial charge on any atom is 0.241 e. The van der Waals surface area contributed by atoms with E-state index in [1.54, 1.807) is 0 Å². The molecule has 2 rings (SSSR count). The van der Waals surface area contributed by atoms with Crippen LogP contribution in [0.25, 0.3) is 0 Å². The molecule has 4 heteroatoms. The predicted octanol–water partition coefficient (Wildman–Crippen LogP) is 2.60. The maximum atomic E-state index is 12.7. The van der Waals surface area contributed by atoms with Crippen LogP contribution in [0.15, 0.2) is 0 Å². The second-order valence-electron chi connectivity index (χ2n) is 7.45. The molecule has 0 aliphatic heterocycles. The fourth-order valence-corrected chi connectivity index (χ4v) is 3.93. The molecule has 0 heterocycles. The summed E-state index contributed by atoms with van der Waals surface area (Å²) < 4.78 is 5.70. The third kappa shape index (κ3) is 2.98. The minimum Gasteiger partial charge on any atom is -0.378 e. The zero-order valence-electron chi connectivity index (χ0n) is 14.1. The number of nitrogens with two attached hydrogens (primary N) is 1. The molecule has 0 spiro atoms. The van der Waals surface area contributed by atoms with Crippen molar-refractivity contribution in [2.24, 2.45) is 17.1 Å². The van der Waals surface area contributed by atoms with Gasteiger partial charge in [-0.05, 0) is 25.7 Å². The van der Waals surface area contributed by atoms with E-state index in [2.05, 4.69) is 12.2 Å². The molecule has 4 unspecified atom stereocenters. The molecule has 122 valence electrons. The van der Waals surface area contributed by atoms with Crippen molar-refractivity contribution in [1.82, 2.24) is 5.32 Å². The molecule has 2 saturated carbocycles. The van der Waals surface area contributed by atoms with Crippen molar-refractivity contribution in [3.8, 4) is 0 Å². The average molecular weight is 296 g/mol. The van der Waals surface area contributed by atoms with Gasteiger partial charge in [0.25, 0.3) is 0 Å². The number of nitrogens with one attached hydrogen (secondary N) is 1. The van der Waals surface area contributed by atoms with E-state index < -0.39 is 5.54 Å². The van der Waals surface area contributed by atoms with Crippen LogP contribution in [0.4, 0.5) is 0 Å². The summed E-state index contributed by atoms with van der Waals surface area (Å²) in [5.41, 5.74) is 5.35. The topological polar surface area (TPSA) is 64.3 Å². The predicted molar refractivity (Wildman–Crippen MR) is 84.9 cm³/mol. The molecule has 4 atom stereocenters. The number of ether oxygens (including phenoxy) is 1. The lowest BCUT2D eigenvalue weighted by atomic mass is 9.54. The van der Waals surface area contributed by atoms with E-state index in [1.807, 2.05) is 20.8 Å². The molecule has 1 amide bonds. The van der Waals surface area contributed by atoms with Crippen LogP contribution in [0.3, 0.4) is 0 Å². The molecule has 0 radical (unpaired) electrons.